The number of halogens is 4. The highest BCUT2D eigenvalue weighted by molar-refractivity contribution is 6.30. The van der Waals surface area contributed by atoms with Crippen LogP contribution in [0.3, 0.4) is 0 Å². The van der Waals surface area contributed by atoms with Gasteiger partial charge in [-0.25, -0.2) is 0 Å². The molecule has 0 fully saturated rings. The van der Waals surface area contributed by atoms with Crippen molar-refractivity contribution in [2.45, 2.75) is 18.6 Å². The van der Waals surface area contributed by atoms with E-state index in [1.807, 2.05) is 30.3 Å². The average Bonchev–Trinajstić information content (AvgIpc) is 2.99. The zero-order valence-corrected chi connectivity index (χ0v) is 23.3. The number of carbonyl (C=O) groups excluding carboxylic acids is 2. The third-order valence-electron chi connectivity index (χ3n) is 6.49. The van der Waals surface area contributed by atoms with E-state index in [0.29, 0.717) is 10.6 Å². The molecule has 0 unspecified atom stereocenters. The number of carbonyl (C=O) groups is 3. The topological polar surface area (TPSA) is 95.5 Å². The van der Waals surface area contributed by atoms with Crippen molar-refractivity contribution in [2.75, 3.05) is 6.54 Å². The fourth-order valence-electron chi connectivity index (χ4n) is 4.21. The Hall–Kier alpha value is -4.73. The van der Waals surface area contributed by atoms with Crippen molar-refractivity contribution in [3.8, 4) is 11.1 Å². The van der Waals surface area contributed by atoms with E-state index in [1.165, 1.54) is 12.1 Å². The van der Waals surface area contributed by atoms with Gasteiger partial charge in [-0.15, -0.1) is 0 Å². The highest BCUT2D eigenvalue weighted by Crippen LogP contribution is 2.30. The molecule has 1 amide bonds. The van der Waals surface area contributed by atoms with Gasteiger partial charge < -0.3 is 10.4 Å². The van der Waals surface area contributed by atoms with Crippen LogP contribution in [0.15, 0.2) is 109 Å². The van der Waals surface area contributed by atoms with Crippen LogP contribution < -0.4 is 10.6 Å². The van der Waals surface area contributed by atoms with Crippen molar-refractivity contribution >= 4 is 35.3 Å². The lowest BCUT2D eigenvalue weighted by atomic mass is 10.0. The molecule has 0 saturated heterocycles. The highest BCUT2D eigenvalue weighted by Gasteiger charge is 2.30. The Balaban J connectivity index is 1.56. The van der Waals surface area contributed by atoms with Crippen LogP contribution in [0.4, 0.5) is 13.2 Å². The van der Waals surface area contributed by atoms with E-state index in [9.17, 15) is 32.7 Å². The predicted molar refractivity (Wildman–Crippen MR) is 158 cm³/mol. The Labute approximate surface area is 250 Å². The molecule has 0 spiro atoms. The first-order chi connectivity index (χ1) is 20.5. The maximum Gasteiger partial charge on any atom is 0.416 e. The first-order valence-corrected chi connectivity index (χ1v) is 13.5. The minimum Gasteiger partial charge on any atom is -0.480 e. The van der Waals surface area contributed by atoms with Gasteiger partial charge in [0.2, 0.25) is 0 Å². The third kappa shape index (κ3) is 8.88. The first kappa shape index (κ1) is 31.2. The van der Waals surface area contributed by atoms with Crippen molar-refractivity contribution in [1.82, 2.24) is 10.6 Å². The molecule has 0 bridgehead atoms. The molecule has 0 aliphatic rings. The summed E-state index contributed by atoms with van der Waals surface area (Å²) < 4.78 is 39.9. The maximum atomic E-state index is 13.3. The molecule has 3 N–H and O–H groups in total. The number of carboxylic acids is 1. The Morgan fingerprint density at radius 2 is 1.49 bits per heavy atom. The number of rotatable bonds is 11. The Bertz CT molecular complexity index is 1620. The van der Waals surface area contributed by atoms with E-state index in [-0.39, 0.29) is 23.2 Å². The summed E-state index contributed by atoms with van der Waals surface area (Å²) in [6, 6.07) is 25.7. The number of amides is 1. The fraction of sp³-hybridized carbons (Fsp3) is 0.121. The lowest BCUT2D eigenvalue weighted by molar-refractivity contribution is -0.139. The summed E-state index contributed by atoms with van der Waals surface area (Å²) in [6.45, 7) is -0.511. The zero-order chi connectivity index (χ0) is 31.0. The maximum absolute atomic E-state index is 13.3. The third-order valence-corrected chi connectivity index (χ3v) is 6.74. The molecule has 43 heavy (non-hydrogen) atoms. The largest absolute Gasteiger partial charge is 0.480 e. The van der Waals surface area contributed by atoms with Gasteiger partial charge in [-0.2, -0.15) is 13.2 Å². The molecule has 1 atom stereocenters. The average molecular weight is 607 g/mol. The van der Waals surface area contributed by atoms with Gasteiger partial charge in [0.1, 0.15) is 6.04 Å². The summed E-state index contributed by atoms with van der Waals surface area (Å²) >= 11 is 5.89. The van der Waals surface area contributed by atoms with Gasteiger partial charge in [-0.05, 0) is 71.1 Å². The second-order valence-corrected chi connectivity index (χ2v) is 10.0. The molecular formula is C33H26ClF3N2O4. The summed E-state index contributed by atoms with van der Waals surface area (Å²) in [5.41, 5.74) is 1.45. The Morgan fingerprint density at radius 3 is 2.12 bits per heavy atom. The highest BCUT2D eigenvalue weighted by atomic mass is 35.5. The summed E-state index contributed by atoms with van der Waals surface area (Å²) in [4.78, 5) is 38.3. The lowest BCUT2D eigenvalue weighted by Gasteiger charge is -2.16. The Morgan fingerprint density at radius 1 is 0.837 bits per heavy atom. The van der Waals surface area contributed by atoms with E-state index in [2.05, 4.69) is 10.6 Å². The molecule has 0 aliphatic heterocycles. The number of ketones is 1. The van der Waals surface area contributed by atoms with E-state index >= 15 is 0 Å². The number of benzene rings is 4. The molecular weight excluding hydrogens is 581 g/mol. The monoisotopic (exact) mass is 606 g/mol. The van der Waals surface area contributed by atoms with Crippen molar-refractivity contribution in [3.63, 3.8) is 0 Å². The molecule has 0 heterocycles. The number of Topliss-reactive ketones (excluding diaryl/α,β-unsaturated/α-hetero) is 1. The molecule has 0 aromatic heterocycles. The molecule has 4 rings (SSSR count). The predicted octanol–water partition coefficient (Wildman–Crippen LogP) is 6.65. The van der Waals surface area contributed by atoms with Crippen LogP contribution >= 0.6 is 11.6 Å². The first-order valence-electron chi connectivity index (χ1n) is 13.1. The number of nitrogens with one attached hydrogen (secondary N) is 2. The molecule has 10 heteroatoms. The van der Waals surface area contributed by atoms with Gasteiger partial charge in [0.15, 0.2) is 5.78 Å². The molecule has 220 valence electrons. The minimum absolute atomic E-state index is 0.0221. The van der Waals surface area contributed by atoms with Gasteiger partial charge in [0, 0.05) is 10.6 Å². The summed E-state index contributed by atoms with van der Waals surface area (Å²) in [5.74, 6) is -2.61. The van der Waals surface area contributed by atoms with E-state index in [0.717, 1.165) is 29.3 Å². The normalized spacial score (nSPS) is 12.4. The molecule has 4 aromatic rings. The summed E-state index contributed by atoms with van der Waals surface area (Å²) in [5, 5.41) is 15.3. The van der Waals surface area contributed by atoms with E-state index < -0.39 is 42.0 Å². The van der Waals surface area contributed by atoms with Crippen LogP contribution in [0, 0.1) is 0 Å². The molecule has 0 saturated carbocycles. The number of hydrogen-bond donors (Lipinski definition) is 3. The van der Waals surface area contributed by atoms with Gasteiger partial charge in [0.25, 0.3) is 5.91 Å². The van der Waals surface area contributed by atoms with Crippen LogP contribution in [0.2, 0.25) is 5.02 Å². The number of alkyl halides is 3. The van der Waals surface area contributed by atoms with E-state index in [4.69, 9.17) is 11.6 Å². The van der Waals surface area contributed by atoms with Crippen molar-refractivity contribution in [2.24, 2.45) is 0 Å². The van der Waals surface area contributed by atoms with Crippen molar-refractivity contribution < 1.29 is 32.7 Å². The van der Waals surface area contributed by atoms with Crippen molar-refractivity contribution in [1.29, 1.82) is 0 Å². The van der Waals surface area contributed by atoms with Crippen LogP contribution in [0.1, 0.15) is 27.0 Å². The number of aliphatic carboxylic acids is 1. The van der Waals surface area contributed by atoms with Gasteiger partial charge >= 0.3 is 12.1 Å². The second-order valence-electron chi connectivity index (χ2n) is 9.60. The molecule has 0 radical (unpaired) electrons. The molecule has 0 aliphatic carbocycles. The molecule has 4 aromatic carbocycles. The minimum atomic E-state index is -4.62. The summed E-state index contributed by atoms with van der Waals surface area (Å²) in [7, 11) is 0. The standard InChI is InChI=1S/C33H26ClF3N2O4/c34-27-15-9-21(10-16-27)18-29(32(42)43)38-20-30(40)28(19-22-5-4-8-26(17-22)33(35,36)37)39-31(41)25-13-11-24(12-14-25)23-6-2-1-3-7-23/h1-17,19,29,38H,18,20H2,(H,39,41)(H,42,43)/t29-/m1/s1. The van der Waals surface area contributed by atoms with Gasteiger partial charge in [-0.3, -0.25) is 19.7 Å². The molecule has 6 nitrogen and oxygen atoms in total. The van der Waals surface area contributed by atoms with Crippen LogP contribution in [-0.2, 0) is 22.2 Å². The lowest BCUT2D eigenvalue weighted by Crippen LogP contribution is -2.43. The smallest absolute Gasteiger partial charge is 0.416 e. The second kappa shape index (κ2) is 14.0. The fourth-order valence-corrected chi connectivity index (χ4v) is 4.34. The number of hydrogen-bond acceptors (Lipinski definition) is 4. The van der Waals surface area contributed by atoms with Crippen LogP contribution in [0.25, 0.3) is 17.2 Å². The van der Waals surface area contributed by atoms with Gasteiger partial charge in [0.05, 0.1) is 17.8 Å². The van der Waals surface area contributed by atoms with E-state index in [1.54, 1.807) is 48.5 Å². The van der Waals surface area contributed by atoms with Gasteiger partial charge in [-0.1, -0.05) is 78.3 Å². The quantitative estimate of drug-likeness (QED) is 0.166. The van der Waals surface area contributed by atoms with Crippen LogP contribution in [0.5, 0.6) is 0 Å². The van der Waals surface area contributed by atoms with Crippen LogP contribution in [-0.4, -0.2) is 35.4 Å². The summed E-state index contributed by atoms with van der Waals surface area (Å²) in [6.07, 6.45) is -3.45. The van der Waals surface area contributed by atoms with Crippen molar-refractivity contribution in [3.05, 3.63) is 136 Å². The zero-order valence-electron chi connectivity index (χ0n) is 22.6. The SMILES string of the molecule is O=C(CN[C@H](Cc1ccc(Cl)cc1)C(=O)O)C(=Cc1cccc(C(F)(F)F)c1)NC(=O)c1ccc(-c2ccccc2)cc1. The number of carboxylic acid groups (broad SMARTS) is 1. The Kier molecular flexibility index (Phi) is 10.1.